The van der Waals surface area contributed by atoms with Gasteiger partial charge < -0.3 is 14.4 Å². The standard InChI is InChI=1S/C26H30N4O3/c1-26(2,3)33-25(31)29-15-9-8-12-21(29)18-32-24-28-22-13-6-7-14-23(22)30(24)17-20-11-5-4-10-19(20)16-27/h4-7,10-11,13-14,21H,8-9,12,15,17-18H2,1-3H3/t21-/m1/s1. The topological polar surface area (TPSA) is 80.4 Å². The molecule has 0 N–H and O–H groups in total. The van der Waals surface area contributed by atoms with E-state index in [4.69, 9.17) is 14.5 Å². The molecular weight excluding hydrogens is 416 g/mol. The molecule has 172 valence electrons. The number of aromatic nitrogens is 2. The minimum absolute atomic E-state index is 0.0757. The second-order valence-corrected chi connectivity index (χ2v) is 9.37. The first-order chi connectivity index (χ1) is 15.9. The number of benzene rings is 2. The van der Waals surface area contributed by atoms with Gasteiger partial charge in [-0.05, 0) is 63.8 Å². The van der Waals surface area contributed by atoms with Crippen LogP contribution in [0.1, 0.15) is 51.2 Å². The third-order valence-electron chi connectivity index (χ3n) is 5.75. The Balaban J connectivity index is 1.58. The lowest BCUT2D eigenvalue weighted by Crippen LogP contribution is -2.48. The number of nitriles is 1. The Kier molecular flexibility index (Phi) is 6.55. The normalized spacial score (nSPS) is 16.4. The summed E-state index contributed by atoms with van der Waals surface area (Å²) in [6.07, 6.45) is 2.56. The number of hydrogen-bond acceptors (Lipinski definition) is 5. The maximum absolute atomic E-state index is 12.8. The number of ether oxygens (including phenoxy) is 2. The fraction of sp³-hybridized carbons (Fsp3) is 0.423. The Morgan fingerprint density at radius 3 is 2.70 bits per heavy atom. The van der Waals surface area contributed by atoms with Gasteiger partial charge in [0.25, 0.3) is 6.01 Å². The minimum atomic E-state index is -0.540. The molecule has 1 amide bonds. The minimum Gasteiger partial charge on any atom is -0.462 e. The summed E-state index contributed by atoms with van der Waals surface area (Å²) in [6.45, 7) is 7.10. The Morgan fingerprint density at radius 2 is 1.91 bits per heavy atom. The number of nitrogens with zero attached hydrogens (tertiary/aromatic N) is 4. The maximum Gasteiger partial charge on any atom is 0.410 e. The Morgan fingerprint density at radius 1 is 1.15 bits per heavy atom. The highest BCUT2D eigenvalue weighted by Gasteiger charge is 2.31. The fourth-order valence-corrected chi connectivity index (χ4v) is 4.16. The molecule has 1 atom stereocenters. The van der Waals surface area contributed by atoms with Crippen molar-refractivity contribution >= 4 is 17.1 Å². The van der Waals surface area contributed by atoms with Crippen molar-refractivity contribution in [3.63, 3.8) is 0 Å². The van der Waals surface area contributed by atoms with Crippen LogP contribution in [0.15, 0.2) is 48.5 Å². The molecule has 4 rings (SSSR count). The Hall–Kier alpha value is -3.53. The van der Waals surface area contributed by atoms with Crippen LogP contribution in [0.4, 0.5) is 4.79 Å². The van der Waals surface area contributed by atoms with E-state index in [0.717, 1.165) is 35.9 Å². The molecule has 3 aromatic rings. The van der Waals surface area contributed by atoms with E-state index in [-0.39, 0.29) is 12.1 Å². The van der Waals surface area contributed by atoms with Gasteiger partial charge in [-0.2, -0.15) is 10.2 Å². The molecule has 1 saturated heterocycles. The first kappa shape index (κ1) is 22.7. The number of imidazole rings is 1. The molecule has 1 fully saturated rings. The van der Waals surface area contributed by atoms with Gasteiger partial charge in [0.1, 0.15) is 12.2 Å². The molecule has 1 aliphatic heterocycles. The van der Waals surface area contributed by atoms with E-state index in [1.807, 2.05) is 73.9 Å². The average Bonchev–Trinajstić information content (AvgIpc) is 3.14. The van der Waals surface area contributed by atoms with Gasteiger partial charge in [-0.15, -0.1) is 0 Å². The zero-order valence-corrected chi connectivity index (χ0v) is 19.5. The van der Waals surface area contributed by atoms with Gasteiger partial charge in [-0.25, -0.2) is 4.79 Å². The Labute approximate surface area is 194 Å². The van der Waals surface area contributed by atoms with Gasteiger partial charge in [0.2, 0.25) is 0 Å². The molecule has 2 aromatic carbocycles. The van der Waals surface area contributed by atoms with Crippen molar-refractivity contribution in [2.24, 2.45) is 0 Å². The largest absolute Gasteiger partial charge is 0.462 e. The van der Waals surface area contributed by atoms with Gasteiger partial charge in [-0.3, -0.25) is 4.57 Å². The summed E-state index contributed by atoms with van der Waals surface area (Å²) in [7, 11) is 0. The highest BCUT2D eigenvalue weighted by molar-refractivity contribution is 5.76. The molecule has 33 heavy (non-hydrogen) atoms. The zero-order chi connectivity index (χ0) is 23.4. The molecule has 0 unspecified atom stereocenters. The summed E-state index contributed by atoms with van der Waals surface area (Å²) in [5.74, 6) is 0. The molecule has 7 nitrogen and oxygen atoms in total. The van der Waals surface area contributed by atoms with Crippen molar-refractivity contribution in [1.29, 1.82) is 5.26 Å². The van der Waals surface area contributed by atoms with Crippen LogP contribution in [-0.2, 0) is 11.3 Å². The van der Waals surface area contributed by atoms with Crippen LogP contribution in [0.3, 0.4) is 0 Å². The van der Waals surface area contributed by atoms with E-state index >= 15 is 0 Å². The van der Waals surface area contributed by atoms with Gasteiger partial charge >= 0.3 is 6.09 Å². The number of likely N-dealkylation sites (tertiary alicyclic amines) is 1. The van der Waals surface area contributed by atoms with E-state index in [1.165, 1.54) is 0 Å². The molecular formula is C26H30N4O3. The molecule has 1 aromatic heterocycles. The zero-order valence-electron chi connectivity index (χ0n) is 19.5. The fourth-order valence-electron chi connectivity index (χ4n) is 4.16. The summed E-state index contributed by atoms with van der Waals surface area (Å²) >= 11 is 0. The third-order valence-corrected chi connectivity index (χ3v) is 5.75. The monoisotopic (exact) mass is 446 g/mol. The molecule has 0 radical (unpaired) electrons. The van der Waals surface area contributed by atoms with Crippen LogP contribution in [0.5, 0.6) is 6.01 Å². The second-order valence-electron chi connectivity index (χ2n) is 9.37. The maximum atomic E-state index is 12.8. The van der Waals surface area contributed by atoms with E-state index in [2.05, 4.69) is 6.07 Å². The van der Waals surface area contributed by atoms with Crippen LogP contribution >= 0.6 is 0 Å². The van der Waals surface area contributed by atoms with Gasteiger partial charge in [-0.1, -0.05) is 30.3 Å². The van der Waals surface area contributed by atoms with E-state index in [9.17, 15) is 10.1 Å². The van der Waals surface area contributed by atoms with Crippen LogP contribution in [0.2, 0.25) is 0 Å². The summed E-state index contributed by atoms with van der Waals surface area (Å²) in [4.78, 5) is 19.2. The molecule has 0 aliphatic carbocycles. The van der Waals surface area contributed by atoms with Crippen LogP contribution in [0, 0.1) is 11.3 Å². The molecule has 0 spiro atoms. The average molecular weight is 447 g/mol. The van der Waals surface area contributed by atoms with Gasteiger partial charge in [0.05, 0.1) is 35.3 Å². The number of amides is 1. The predicted molar refractivity (Wildman–Crippen MR) is 126 cm³/mol. The SMILES string of the molecule is CC(C)(C)OC(=O)N1CCCC[C@@H]1COc1nc2ccccc2n1Cc1ccccc1C#N. The van der Waals surface area contributed by atoms with E-state index in [0.29, 0.717) is 31.3 Å². The Bertz CT molecular complexity index is 1170. The van der Waals surface area contributed by atoms with Crippen molar-refractivity contribution in [2.45, 2.75) is 58.2 Å². The predicted octanol–water partition coefficient (Wildman–Crippen LogP) is 5.12. The summed E-state index contributed by atoms with van der Waals surface area (Å²) < 4.78 is 13.8. The lowest BCUT2D eigenvalue weighted by atomic mass is 10.0. The van der Waals surface area contributed by atoms with Crippen LogP contribution < -0.4 is 4.74 Å². The van der Waals surface area contributed by atoms with Crippen molar-refractivity contribution in [2.75, 3.05) is 13.2 Å². The highest BCUT2D eigenvalue weighted by Crippen LogP contribution is 2.26. The number of fused-ring (bicyclic) bond motifs is 1. The lowest BCUT2D eigenvalue weighted by molar-refractivity contribution is 0.00290. The number of carbonyl (C=O) groups excluding carboxylic acids is 1. The number of rotatable bonds is 5. The molecule has 0 saturated carbocycles. The highest BCUT2D eigenvalue weighted by atomic mass is 16.6. The number of hydrogen-bond donors (Lipinski definition) is 0. The molecule has 2 heterocycles. The van der Waals surface area contributed by atoms with Crippen molar-refractivity contribution in [3.8, 4) is 12.1 Å². The van der Waals surface area contributed by atoms with Gasteiger partial charge in [0, 0.05) is 6.54 Å². The van der Waals surface area contributed by atoms with Crippen molar-refractivity contribution < 1.29 is 14.3 Å². The van der Waals surface area contributed by atoms with Crippen LogP contribution in [0.25, 0.3) is 11.0 Å². The first-order valence-corrected chi connectivity index (χ1v) is 11.4. The van der Waals surface area contributed by atoms with Crippen molar-refractivity contribution in [1.82, 2.24) is 14.5 Å². The summed E-state index contributed by atoms with van der Waals surface area (Å²) in [6, 6.07) is 18.1. The molecule has 1 aliphatic rings. The van der Waals surface area contributed by atoms with Crippen LogP contribution in [-0.4, -0.2) is 45.3 Å². The number of carbonyl (C=O) groups is 1. The van der Waals surface area contributed by atoms with E-state index in [1.54, 1.807) is 4.90 Å². The number of para-hydroxylation sites is 2. The first-order valence-electron chi connectivity index (χ1n) is 11.4. The lowest BCUT2D eigenvalue weighted by Gasteiger charge is -2.36. The number of piperidine rings is 1. The summed E-state index contributed by atoms with van der Waals surface area (Å²) in [5.41, 5.74) is 2.76. The third kappa shape index (κ3) is 5.28. The van der Waals surface area contributed by atoms with Crippen molar-refractivity contribution in [3.05, 3.63) is 59.7 Å². The van der Waals surface area contributed by atoms with Gasteiger partial charge in [0.15, 0.2) is 0 Å². The quantitative estimate of drug-likeness (QED) is 0.543. The smallest absolute Gasteiger partial charge is 0.410 e. The molecule has 0 bridgehead atoms. The summed E-state index contributed by atoms with van der Waals surface area (Å²) in [5, 5.41) is 9.51. The second kappa shape index (κ2) is 9.53. The molecule has 7 heteroatoms. The van der Waals surface area contributed by atoms with E-state index < -0.39 is 5.60 Å².